The first-order valence-corrected chi connectivity index (χ1v) is 12.9. The first-order valence-electron chi connectivity index (χ1n) is 12.9. The van der Waals surface area contributed by atoms with Crippen LogP contribution in [0.4, 0.5) is 23.0 Å². The number of nitrogens with zero attached hydrogens (tertiary/aromatic N) is 5. The summed E-state index contributed by atoms with van der Waals surface area (Å²) >= 11 is 0. The van der Waals surface area contributed by atoms with Crippen molar-refractivity contribution in [3.05, 3.63) is 54.9 Å². The largest absolute Gasteiger partial charge is 0.494 e. The van der Waals surface area contributed by atoms with E-state index in [-0.39, 0.29) is 0 Å². The second kappa shape index (κ2) is 11.1. The Morgan fingerprint density at radius 1 is 1.21 bits per heavy atom. The van der Waals surface area contributed by atoms with Gasteiger partial charge in [0.15, 0.2) is 0 Å². The Kier molecular flexibility index (Phi) is 7.39. The van der Waals surface area contributed by atoms with Gasteiger partial charge in [-0.15, -0.1) is 6.42 Å². The first-order chi connectivity index (χ1) is 18.9. The predicted octanol–water partition coefficient (Wildman–Crippen LogP) is 4.49. The van der Waals surface area contributed by atoms with Crippen LogP contribution in [0.15, 0.2) is 54.9 Å². The molecule has 1 fully saturated rings. The van der Waals surface area contributed by atoms with Crippen molar-refractivity contribution >= 4 is 39.8 Å². The highest BCUT2D eigenvalue weighted by atomic mass is 16.5. The number of terminal acetylenes is 1. The summed E-state index contributed by atoms with van der Waals surface area (Å²) in [5, 5.41) is 7.28. The molecule has 39 heavy (non-hydrogen) atoms. The Bertz CT molecular complexity index is 1550. The van der Waals surface area contributed by atoms with Gasteiger partial charge in [0.2, 0.25) is 5.95 Å². The van der Waals surface area contributed by atoms with E-state index in [1.165, 1.54) is 0 Å². The van der Waals surface area contributed by atoms with Crippen LogP contribution in [0.2, 0.25) is 0 Å². The highest BCUT2D eigenvalue weighted by Gasteiger charge is 2.25. The maximum atomic E-state index is 12.3. The zero-order valence-corrected chi connectivity index (χ0v) is 22.7. The van der Waals surface area contributed by atoms with Crippen molar-refractivity contribution in [2.75, 3.05) is 49.8 Å². The Hall–Kier alpha value is -4.55. The van der Waals surface area contributed by atoms with Gasteiger partial charge in [0.05, 0.1) is 29.9 Å². The number of benzene rings is 2. The number of aromatic nitrogens is 3. The van der Waals surface area contributed by atoms with Crippen molar-refractivity contribution < 1.29 is 9.53 Å². The first kappa shape index (κ1) is 26.1. The van der Waals surface area contributed by atoms with Gasteiger partial charge in [-0.25, -0.2) is 9.97 Å². The lowest BCUT2D eigenvalue weighted by atomic mass is 10.0. The molecule has 1 saturated heterocycles. The van der Waals surface area contributed by atoms with Crippen molar-refractivity contribution in [2.24, 2.45) is 7.05 Å². The van der Waals surface area contributed by atoms with Crippen LogP contribution in [-0.4, -0.2) is 65.7 Å². The summed E-state index contributed by atoms with van der Waals surface area (Å²) in [5.41, 5.74) is 5.02. The number of piperidine rings is 1. The van der Waals surface area contributed by atoms with Crippen molar-refractivity contribution in [3.63, 3.8) is 0 Å². The molecule has 0 aliphatic carbocycles. The number of likely N-dealkylation sites (N-methyl/N-ethyl adjacent to an activating group) is 1. The number of nitrogens with one attached hydrogen (secondary N) is 2. The van der Waals surface area contributed by atoms with Crippen molar-refractivity contribution in [1.82, 2.24) is 19.4 Å². The van der Waals surface area contributed by atoms with E-state index < -0.39 is 5.91 Å². The minimum atomic E-state index is -0.511. The number of rotatable bonds is 7. The zero-order valence-electron chi connectivity index (χ0n) is 22.7. The number of methoxy groups -OCH3 is 1. The van der Waals surface area contributed by atoms with Crippen LogP contribution in [0.5, 0.6) is 5.75 Å². The molecule has 1 aliphatic heterocycles. The molecule has 0 radical (unpaired) electrons. The molecular formula is C30H33N7O2. The maximum absolute atomic E-state index is 12.3. The lowest BCUT2D eigenvalue weighted by Gasteiger charge is -2.38. The van der Waals surface area contributed by atoms with Crippen LogP contribution in [0, 0.1) is 12.3 Å². The molecule has 0 spiro atoms. The molecule has 4 aromatic rings. The molecule has 9 nitrogen and oxygen atoms in total. The highest BCUT2D eigenvalue weighted by Crippen LogP contribution is 2.39. The number of hydrogen-bond acceptors (Lipinski definition) is 7. The summed E-state index contributed by atoms with van der Waals surface area (Å²) in [6.07, 6.45) is 11.4. The maximum Gasteiger partial charge on any atom is 0.300 e. The lowest BCUT2D eigenvalue weighted by molar-refractivity contribution is -0.111. The van der Waals surface area contributed by atoms with E-state index in [0.717, 1.165) is 53.8 Å². The number of para-hydroxylation sites is 1. The van der Waals surface area contributed by atoms with Crippen LogP contribution >= 0.6 is 0 Å². The molecule has 1 atom stereocenters. The highest BCUT2D eigenvalue weighted by molar-refractivity contribution is 6.06. The molecule has 1 aliphatic rings. The van der Waals surface area contributed by atoms with Gasteiger partial charge >= 0.3 is 0 Å². The molecule has 2 aromatic heterocycles. The molecule has 200 valence electrons. The average Bonchev–Trinajstić information content (AvgIpc) is 3.29. The number of ether oxygens (including phenoxy) is 1. The third kappa shape index (κ3) is 5.38. The van der Waals surface area contributed by atoms with E-state index in [9.17, 15) is 4.79 Å². The normalized spacial score (nSPS) is 15.3. The smallest absolute Gasteiger partial charge is 0.300 e. The molecule has 9 heteroatoms. The van der Waals surface area contributed by atoms with Gasteiger partial charge in [0, 0.05) is 61.1 Å². The summed E-state index contributed by atoms with van der Waals surface area (Å²) in [6, 6.07) is 14.3. The van der Waals surface area contributed by atoms with Crippen LogP contribution < -0.4 is 20.3 Å². The molecule has 1 amide bonds. The number of fused-ring (bicyclic) bond motifs is 1. The van der Waals surface area contributed by atoms with E-state index in [1.807, 2.05) is 37.4 Å². The van der Waals surface area contributed by atoms with E-state index in [2.05, 4.69) is 68.3 Å². The van der Waals surface area contributed by atoms with Gasteiger partial charge in [-0.3, -0.25) is 4.79 Å². The van der Waals surface area contributed by atoms with Crippen LogP contribution in [0.3, 0.4) is 0 Å². The zero-order chi connectivity index (χ0) is 27.5. The summed E-state index contributed by atoms with van der Waals surface area (Å²) in [6.45, 7) is 1.70. The topological polar surface area (TPSA) is 87.5 Å². The van der Waals surface area contributed by atoms with Gasteiger partial charge in [0.25, 0.3) is 5.91 Å². The quantitative estimate of drug-likeness (QED) is 0.345. The fourth-order valence-corrected chi connectivity index (χ4v) is 5.19. The Balaban J connectivity index is 1.51. The standard InChI is InChI=1S/C30H33N7O2/c1-6-29(38)32-24-16-25(28(39-5)17-27(24)37-15-9-10-20(18-37)35(2)3)34-30-31-14-13-23(33-30)22-19-36(4)26-12-8-7-11-21(22)26/h1,7-8,11-14,16-17,19-20H,9-10,15,18H2,2-5H3,(H,32,38)(H,31,33,34). The van der Waals surface area contributed by atoms with Crippen molar-refractivity contribution in [3.8, 4) is 29.4 Å². The minimum absolute atomic E-state index is 0.406. The van der Waals surface area contributed by atoms with Gasteiger partial charge < -0.3 is 29.7 Å². The summed E-state index contributed by atoms with van der Waals surface area (Å²) in [4.78, 5) is 26.0. The van der Waals surface area contributed by atoms with Crippen LogP contribution in [-0.2, 0) is 11.8 Å². The molecule has 3 heterocycles. The molecule has 1 unspecified atom stereocenters. The molecule has 2 aromatic carbocycles. The molecule has 2 N–H and O–H groups in total. The summed E-state index contributed by atoms with van der Waals surface area (Å²) in [7, 11) is 7.83. The Morgan fingerprint density at radius 3 is 2.79 bits per heavy atom. The van der Waals surface area contributed by atoms with Crippen LogP contribution in [0.1, 0.15) is 12.8 Å². The van der Waals surface area contributed by atoms with E-state index in [1.54, 1.807) is 13.3 Å². The Labute approximate surface area is 228 Å². The second-order valence-electron chi connectivity index (χ2n) is 9.94. The van der Waals surface area contributed by atoms with Gasteiger partial charge in [-0.2, -0.15) is 0 Å². The van der Waals surface area contributed by atoms with Gasteiger partial charge in [-0.1, -0.05) is 18.2 Å². The van der Waals surface area contributed by atoms with Gasteiger partial charge in [0.1, 0.15) is 5.75 Å². The number of anilines is 4. The predicted molar refractivity (Wildman–Crippen MR) is 157 cm³/mol. The summed E-state index contributed by atoms with van der Waals surface area (Å²) in [5.74, 6) is 2.66. The third-order valence-corrected chi connectivity index (χ3v) is 7.24. The van der Waals surface area contributed by atoms with Crippen molar-refractivity contribution in [1.29, 1.82) is 0 Å². The number of carbonyl (C=O) groups excluding carboxylic acids is 1. The third-order valence-electron chi connectivity index (χ3n) is 7.24. The lowest BCUT2D eigenvalue weighted by Crippen LogP contribution is -2.45. The van der Waals surface area contributed by atoms with E-state index >= 15 is 0 Å². The van der Waals surface area contributed by atoms with Crippen LogP contribution in [0.25, 0.3) is 22.2 Å². The number of amides is 1. The molecule has 0 bridgehead atoms. The monoisotopic (exact) mass is 523 g/mol. The Morgan fingerprint density at radius 2 is 2.03 bits per heavy atom. The van der Waals surface area contributed by atoms with E-state index in [4.69, 9.17) is 16.1 Å². The number of carbonyl (C=O) groups is 1. The fraction of sp³-hybridized carbons (Fsp3) is 0.300. The molecule has 0 saturated carbocycles. The number of hydrogen-bond donors (Lipinski definition) is 2. The average molecular weight is 524 g/mol. The summed E-state index contributed by atoms with van der Waals surface area (Å²) < 4.78 is 7.86. The minimum Gasteiger partial charge on any atom is -0.494 e. The van der Waals surface area contributed by atoms with E-state index in [0.29, 0.717) is 29.1 Å². The number of aryl methyl sites for hydroxylation is 1. The second-order valence-corrected chi connectivity index (χ2v) is 9.94. The SMILES string of the molecule is C#CC(=O)Nc1cc(Nc2nccc(-c3cn(C)c4ccccc34)n2)c(OC)cc1N1CCCC(N(C)C)C1. The molecular weight excluding hydrogens is 490 g/mol. The fourth-order valence-electron chi connectivity index (χ4n) is 5.19. The van der Waals surface area contributed by atoms with Gasteiger partial charge in [-0.05, 0) is 51.1 Å². The molecule has 5 rings (SSSR count). The van der Waals surface area contributed by atoms with Crippen molar-refractivity contribution in [2.45, 2.75) is 18.9 Å².